The van der Waals surface area contributed by atoms with E-state index < -0.39 is 22.4 Å². The number of hydrogen-bond acceptors (Lipinski definition) is 4. The first kappa shape index (κ1) is 16.4. The van der Waals surface area contributed by atoms with Crippen LogP contribution in [0.4, 0.5) is 4.39 Å². The molecule has 21 heavy (non-hydrogen) atoms. The number of aliphatic hydroxyl groups excluding tert-OH is 1. The summed E-state index contributed by atoms with van der Waals surface area (Å²) >= 11 is 0. The molecule has 0 radical (unpaired) electrons. The van der Waals surface area contributed by atoms with E-state index in [0.29, 0.717) is 25.5 Å². The summed E-state index contributed by atoms with van der Waals surface area (Å²) in [5, 5.41) is 9.08. The van der Waals surface area contributed by atoms with Crippen molar-refractivity contribution < 1.29 is 22.7 Å². The quantitative estimate of drug-likeness (QED) is 0.830. The Bertz CT molecular complexity index is 597. The molecule has 0 aromatic heterocycles. The molecule has 1 atom stereocenters. The number of ether oxygens (including phenoxy) is 1. The molecular weight excluding hydrogens is 297 g/mol. The van der Waals surface area contributed by atoms with Crippen molar-refractivity contribution in [2.75, 3.05) is 19.8 Å². The predicted octanol–water partition coefficient (Wildman–Crippen LogP) is 1.33. The number of aliphatic hydroxyl groups is 1. The lowest BCUT2D eigenvalue weighted by molar-refractivity contribution is 0.184. The summed E-state index contributed by atoms with van der Waals surface area (Å²) in [7, 11) is -3.69. The number of benzene rings is 1. The molecule has 1 aromatic rings. The summed E-state index contributed by atoms with van der Waals surface area (Å²) in [6.45, 7) is 2.67. The van der Waals surface area contributed by atoms with E-state index in [-0.39, 0.29) is 16.0 Å². The minimum Gasteiger partial charge on any atom is -0.392 e. The summed E-state index contributed by atoms with van der Waals surface area (Å²) < 4.78 is 45.8. The van der Waals surface area contributed by atoms with Gasteiger partial charge in [0.05, 0.1) is 11.5 Å². The van der Waals surface area contributed by atoms with Crippen molar-refractivity contribution in [1.29, 1.82) is 0 Å². The first-order chi connectivity index (χ1) is 9.94. The maximum atomic E-state index is 13.6. The number of nitrogens with one attached hydrogen (secondary N) is 1. The molecule has 5 nitrogen and oxygen atoms in total. The van der Waals surface area contributed by atoms with Gasteiger partial charge in [-0.05, 0) is 43.4 Å². The van der Waals surface area contributed by atoms with Crippen LogP contribution in [0.5, 0.6) is 0 Å². The first-order valence-corrected chi connectivity index (χ1v) is 8.39. The minimum atomic E-state index is -3.69. The highest BCUT2D eigenvalue weighted by molar-refractivity contribution is 7.89. The molecule has 2 rings (SSSR count). The molecule has 0 amide bonds. The highest BCUT2D eigenvalue weighted by Crippen LogP contribution is 2.20. The van der Waals surface area contributed by atoms with Crippen molar-refractivity contribution in [1.82, 2.24) is 4.72 Å². The van der Waals surface area contributed by atoms with E-state index in [0.717, 1.165) is 13.0 Å². The van der Waals surface area contributed by atoms with Crippen LogP contribution in [0.2, 0.25) is 0 Å². The average molecular weight is 317 g/mol. The second-order valence-electron chi connectivity index (χ2n) is 5.29. The molecule has 0 aliphatic carbocycles. The molecule has 7 heteroatoms. The largest absolute Gasteiger partial charge is 0.392 e. The van der Waals surface area contributed by atoms with Crippen LogP contribution in [-0.4, -0.2) is 33.3 Å². The number of aryl methyl sites for hydroxylation is 1. The lowest BCUT2D eigenvalue weighted by Crippen LogP contribution is -2.26. The molecular formula is C14H20FNO4S. The molecule has 2 N–H and O–H groups in total. The zero-order valence-corrected chi connectivity index (χ0v) is 12.7. The van der Waals surface area contributed by atoms with Gasteiger partial charge >= 0.3 is 0 Å². The van der Waals surface area contributed by atoms with Gasteiger partial charge in [0, 0.05) is 25.3 Å². The number of halogens is 1. The van der Waals surface area contributed by atoms with Crippen LogP contribution in [0.25, 0.3) is 0 Å². The Balaban J connectivity index is 2.06. The fourth-order valence-corrected chi connectivity index (χ4v) is 3.55. The van der Waals surface area contributed by atoms with Crippen molar-refractivity contribution in [3.05, 3.63) is 29.1 Å². The zero-order chi connectivity index (χ0) is 15.5. The van der Waals surface area contributed by atoms with Gasteiger partial charge in [0.2, 0.25) is 10.0 Å². The maximum absolute atomic E-state index is 13.6. The lowest BCUT2D eigenvalue weighted by atomic mass is 10.1. The van der Waals surface area contributed by atoms with Gasteiger partial charge in [-0.3, -0.25) is 0 Å². The Morgan fingerprint density at radius 1 is 1.48 bits per heavy atom. The fraction of sp³-hybridized carbons (Fsp3) is 0.571. The highest BCUT2D eigenvalue weighted by Gasteiger charge is 2.20. The second-order valence-corrected chi connectivity index (χ2v) is 7.05. The lowest BCUT2D eigenvalue weighted by Gasteiger charge is -2.12. The molecule has 1 aliphatic heterocycles. The van der Waals surface area contributed by atoms with Crippen molar-refractivity contribution >= 4 is 10.0 Å². The smallest absolute Gasteiger partial charge is 0.240 e. The van der Waals surface area contributed by atoms with Crippen molar-refractivity contribution in [3.63, 3.8) is 0 Å². The SMILES string of the molecule is Cc1cc(S(=O)(=O)NCCC2CCOC2)cc(CO)c1F. The van der Waals surface area contributed by atoms with Gasteiger partial charge < -0.3 is 9.84 Å². The van der Waals surface area contributed by atoms with Gasteiger partial charge in [-0.1, -0.05) is 0 Å². The Labute approximate surface area is 124 Å². The number of hydrogen-bond donors (Lipinski definition) is 2. The van der Waals surface area contributed by atoms with E-state index in [9.17, 15) is 12.8 Å². The normalized spacial score (nSPS) is 19.1. The molecule has 1 heterocycles. The molecule has 0 spiro atoms. The third-order valence-corrected chi connectivity index (χ3v) is 5.09. The van der Waals surface area contributed by atoms with Crippen molar-refractivity contribution in [3.8, 4) is 0 Å². The second kappa shape index (κ2) is 6.83. The first-order valence-electron chi connectivity index (χ1n) is 6.91. The maximum Gasteiger partial charge on any atom is 0.240 e. The van der Waals surface area contributed by atoms with Gasteiger partial charge in [0.15, 0.2) is 0 Å². The van der Waals surface area contributed by atoms with Crippen LogP contribution in [-0.2, 0) is 21.4 Å². The fourth-order valence-electron chi connectivity index (χ4n) is 2.37. The van der Waals surface area contributed by atoms with Crippen LogP contribution in [0.1, 0.15) is 24.0 Å². The molecule has 1 aromatic carbocycles. The average Bonchev–Trinajstić information content (AvgIpc) is 2.94. The third kappa shape index (κ3) is 4.00. The van der Waals surface area contributed by atoms with E-state index in [2.05, 4.69) is 4.72 Å². The molecule has 0 saturated carbocycles. The Morgan fingerprint density at radius 3 is 2.86 bits per heavy atom. The number of rotatable bonds is 6. The van der Waals surface area contributed by atoms with Gasteiger partial charge in [-0.2, -0.15) is 0 Å². The van der Waals surface area contributed by atoms with Gasteiger partial charge in [0.25, 0.3) is 0 Å². The summed E-state index contributed by atoms with van der Waals surface area (Å²) in [6, 6.07) is 2.44. The Morgan fingerprint density at radius 2 is 2.24 bits per heavy atom. The summed E-state index contributed by atoms with van der Waals surface area (Å²) in [4.78, 5) is -0.0203. The molecule has 1 unspecified atom stereocenters. The van der Waals surface area contributed by atoms with Crippen molar-refractivity contribution in [2.24, 2.45) is 5.92 Å². The Hall–Kier alpha value is -1.02. The molecule has 118 valence electrons. The van der Waals surface area contributed by atoms with Gasteiger partial charge in [-0.25, -0.2) is 17.5 Å². The zero-order valence-electron chi connectivity index (χ0n) is 11.9. The van der Waals surface area contributed by atoms with Gasteiger partial charge in [0.1, 0.15) is 5.82 Å². The van der Waals surface area contributed by atoms with Gasteiger partial charge in [-0.15, -0.1) is 0 Å². The van der Waals surface area contributed by atoms with E-state index in [1.807, 2.05) is 0 Å². The third-order valence-electron chi connectivity index (χ3n) is 3.65. The monoisotopic (exact) mass is 317 g/mol. The van der Waals surface area contributed by atoms with Crippen LogP contribution in [0.3, 0.4) is 0 Å². The molecule has 1 aliphatic rings. The summed E-state index contributed by atoms with van der Waals surface area (Å²) in [6.07, 6.45) is 1.66. The highest BCUT2D eigenvalue weighted by atomic mass is 32.2. The van der Waals surface area contributed by atoms with E-state index in [4.69, 9.17) is 9.84 Å². The van der Waals surface area contributed by atoms with Crippen LogP contribution in [0.15, 0.2) is 17.0 Å². The molecule has 1 fully saturated rings. The summed E-state index contributed by atoms with van der Waals surface area (Å²) in [5.74, 6) is -0.185. The van der Waals surface area contributed by atoms with Crippen LogP contribution < -0.4 is 4.72 Å². The van der Waals surface area contributed by atoms with E-state index >= 15 is 0 Å². The predicted molar refractivity (Wildman–Crippen MR) is 75.8 cm³/mol. The van der Waals surface area contributed by atoms with E-state index in [1.54, 1.807) is 0 Å². The minimum absolute atomic E-state index is 0.0143. The van der Waals surface area contributed by atoms with Crippen molar-refractivity contribution in [2.45, 2.75) is 31.3 Å². The standard InChI is InChI=1S/C14H20FNO4S/c1-10-6-13(7-12(8-17)14(10)15)21(18,19)16-4-2-11-3-5-20-9-11/h6-7,11,16-17H,2-5,8-9H2,1H3. The summed E-state index contributed by atoms with van der Waals surface area (Å²) in [5.41, 5.74) is 0.186. The van der Waals surface area contributed by atoms with E-state index in [1.165, 1.54) is 19.1 Å². The molecule has 0 bridgehead atoms. The van der Waals surface area contributed by atoms with Crippen LogP contribution in [0, 0.1) is 18.7 Å². The van der Waals surface area contributed by atoms with Crippen LogP contribution >= 0.6 is 0 Å². The topological polar surface area (TPSA) is 75.6 Å². The number of sulfonamides is 1. The molecule has 1 saturated heterocycles. The Kier molecular flexibility index (Phi) is 5.32.